The average molecular weight is 321 g/mol. The number of aromatic nitrogens is 2. The Morgan fingerprint density at radius 1 is 0.875 bits per heavy atom. The lowest BCUT2D eigenvalue weighted by molar-refractivity contribution is 0.649. The second-order valence-corrected chi connectivity index (χ2v) is 5.62. The summed E-state index contributed by atoms with van der Waals surface area (Å²) in [6.07, 6.45) is 0. The third kappa shape index (κ3) is 3.46. The third-order valence-corrected chi connectivity index (χ3v) is 3.90. The summed E-state index contributed by atoms with van der Waals surface area (Å²) < 4.78 is 2.70. The summed E-state index contributed by atoms with van der Waals surface area (Å²) in [5.41, 5.74) is 1.43. The zero-order valence-corrected chi connectivity index (χ0v) is 13.5. The number of nitrogens with zero attached hydrogens (tertiary/aromatic N) is 2. The number of hydrogen-bond acceptors (Lipinski definition) is 3. The first kappa shape index (κ1) is 15.8. The normalized spacial score (nSPS) is 10.5. The predicted molar refractivity (Wildman–Crippen MR) is 95.3 cm³/mol. The average Bonchev–Trinajstić information content (AvgIpc) is 2.62. The van der Waals surface area contributed by atoms with Crippen molar-refractivity contribution in [2.45, 2.75) is 13.1 Å². The molecule has 0 amide bonds. The van der Waals surface area contributed by atoms with Crippen LogP contribution in [0.15, 0.2) is 76.3 Å². The van der Waals surface area contributed by atoms with Crippen molar-refractivity contribution in [2.24, 2.45) is 7.05 Å². The van der Waals surface area contributed by atoms with Crippen LogP contribution in [0.3, 0.4) is 0 Å². The van der Waals surface area contributed by atoms with Gasteiger partial charge in [0.05, 0.1) is 6.54 Å². The molecule has 1 heterocycles. The Balaban J connectivity index is 1.95. The van der Waals surface area contributed by atoms with E-state index in [4.69, 9.17) is 0 Å². The molecule has 2 aromatic carbocycles. The number of hydrogen-bond donors (Lipinski definition) is 1. The van der Waals surface area contributed by atoms with Crippen LogP contribution in [0.4, 0.5) is 5.82 Å². The van der Waals surface area contributed by atoms with Gasteiger partial charge in [0.25, 0.3) is 5.56 Å². The first-order valence-electron chi connectivity index (χ1n) is 7.78. The van der Waals surface area contributed by atoms with Crippen LogP contribution in [0, 0.1) is 0 Å². The van der Waals surface area contributed by atoms with Gasteiger partial charge in [-0.3, -0.25) is 13.9 Å². The molecule has 24 heavy (non-hydrogen) atoms. The van der Waals surface area contributed by atoms with Gasteiger partial charge in [0.1, 0.15) is 5.82 Å². The molecular weight excluding hydrogens is 302 g/mol. The summed E-state index contributed by atoms with van der Waals surface area (Å²) in [6.45, 7) is 0.952. The van der Waals surface area contributed by atoms with Crippen LogP contribution >= 0.6 is 0 Å². The minimum Gasteiger partial charge on any atom is -0.367 e. The summed E-state index contributed by atoms with van der Waals surface area (Å²) in [4.78, 5) is 24.5. The third-order valence-electron chi connectivity index (χ3n) is 3.90. The van der Waals surface area contributed by atoms with E-state index < -0.39 is 0 Å². The van der Waals surface area contributed by atoms with Gasteiger partial charge in [0.2, 0.25) is 0 Å². The van der Waals surface area contributed by atoms with Crippen LogP contribution < -0.4 is 16.6 Å². The van der Waals surface area contributed by atoms with E-state index >= 15 is 0 Å². The van der Waals surface area contributed by atoms with E-state index in [9.17, 15) is 9.59 Å². The molecule has 0 saturated heterocycles. The maximum atomic E-state index is 12.5. The fourth-order valence-electron chi connectivity index (χ4n) is 2.52. The fraction of sp³-hybridized carbons (Fsp3) is 0.158. The number of rotatable bonds is 5. The Labute approximate surface area is 139 Å². The van der Waals surface area contributed by atoms with Crippen molar-refractivity contribution in [1.82, 2.24) is 9.13 Å². The first-order valence-corrected chi connectivity index (χ1v) is 7.78. The molecule has 0 aliphatic rings. The highest BCUT2D eigenvalue weighted by molar-refractivity contribution is 5.36. The smallest absolute Gasteiger partial charge is 0.332 e. The molecule has 1 N–H and O–H groups in total. The monoisotopic (exact) mass is 321 g/mol. The first-order chi connectivity index (χ1) is 11.6. The molecule has 0 aliphatic carbocycles. The zero-order valence-electron chi connectivity index (χ0n) is 13.5. The van der Waals surface area contributed by atoms with E-state index in [1.807, 2.05) is 60.7 Å². The highest BCUT2D eigenvalue weighted by Crippen LogP contribution is 2.09. The Morgan fingerprint density at radius 3 is 2.08 bits per heavy atom. The van der Waals surface area contributed by atoms with Crippen LogP contribution in [0.25, 0.3) is 0 Å². The summed E-state index contributed by atoms with van der Waals surface area (Å²) in [7, 11) is 1.49. The van der Waals surface area contributed by atoms with Crippen molar-refractivity contribution in [2.75, 3.05) is 5.32 Å². The Kier molecular flexibility index (Phi) is 4.61. The molecule has 5 heteroatoms. The topological polar surface area (TPSA) is 56.0 Å². The van der Waals surface area contributed by atoms with Crippen LogP contribution in [0.5, 0.6) is 0 Å². The summed E-state index contributed by atoms with van der Waals surface area (Å²) in [5.74, 6) is 0.524. The lowest BCUT2D eigenvalue weighted by Crippen LogP contribution is -2.39. The van der Waals surface area contributed by atoms with Crippen molar-refractivity contribution in [1.29, 1.82) is 0 Å². The molecule has 3 rings (SSSR count). The Bertz CT molecular complexity index is 928. The highest BCUT2D eigenvalue weighted by atomic mass is 16.2. The van der Waals surface area contributed by atoms with Crippen molar-refractivity contribution in [3.8, 4) is 0 Å². The van der Waals surface area contributed by atoms with Gasteiger partial charge in [0, 0.05) is 19.7 Å². The van der Waals surface area contributed by atoms with E-state index in [0.717, 1.165) is 15.7 Å². The molecule has 0 saturated carbocycles. The van der Waals surface area contributed by atoms with Crippen LogP contribution in [0.1, 0.15) is 11.1 Å². The molecule has 0 radical (unpaired) electrons. The van der Waals surface area contributed by atoms with Gasteiger partial charge < -0.3 is 5.32 Å². The quantitative estimate of drug-likeness (QED) is 0.784. The van der Waals surface area contributed by atoms with E-state index in [0.29, 0.717) is 18.9 Å². The molecular formula is C19H19N3O2. The second kappa shape index (κ2) is 7.00. The minimum absolute atomic E-state index is 0.320. The van der Waals surface area contributed by atoms with Gasteiger partial charge in [-0.15, -0.1) is 0 Å². The fourth-order valence-corrected chi connectivity index (χ4v) is 2.52. The van der Waals surface area contributed by atoms with Crippen LogP contribution in [-0.4, -0.2) is 9.13 Å². The highest BCUT2D eigenvalue weighted by Gasteiger charge is 2.09. The van der Waals surface area contributed by atoms with Gasteiger partial charge in [0.15, 0.2) is 0 Å². The maximum absolute atomic E-state index is 12.5. The maximum Gasteiger partial charge on any atom is 0.332 e. The van der Waals surface area contributed by atoms with Crippen molar-refractivity contribution in [3.63, 3.8) is 0 Å². The molecule has 0 atom stereocenters. The van der Waals surface area contributed by atoms with Gasteiger partial charge in [-0.25, -0.2) is 4.79 Å². The van der Waals surface area contributed by atoms with E-state index in [2.05, 4.69) is 5.32 Å². The van der Waals surface area contributed by atoms with Crippen molar-refractivity contribution in [3.05, 3.63) is 98.7 Å². The predicted octanol–water partition coefficient (Wildman–Crippen LogP) is 2.21. The SMILES string of the molecule is Cn1c(=O)cc(NCc2ccccc2)n(Cc2ccccc2)c1=O. The Morgan fingerprint density at radius 2 is 1.46 bits per heavy atom. The van der Waals surface area contributed by atoms with E-state index in [1.54, 1.807) is 4.57 Å². The minimum atomic E-state index is -0.332. The van der Waals surface area contributed by atoms with Crippen LogP contribution in [-0.2, 0) is 20.1 Å². The van der Waals surface area contributed by atoms with Gasteiger partial charge >= 0.3 is 5.69 Å². The molecule has 122 valence electrons. The molecule has 5 nitrogen and oxygen atoms in total. The second-order valence-electron chi connectivity index (χ2n) is 5.62. The molecule has 1 aromatic heterocycles. The lowest BCUT2D eigenvalue weighted by atomic mass is 10.2. The summed E-state index contributed by atoms with van der Waals surface area (Å²) in [5, 5.41) is 3.21. The molecule has 0 spiro atoms. The summed E-state index contributed by atoms with van der Waals surface area (Å²) >= 11 is 0. The molecule has 0 aliphatic heterocycles. The lowest BCUT2D eigenvalue weighted by Gasteiger charge is -2.15. The molecule has 0 bridgehead atoms. The van der Waals surface area contributed by atoms with Crippen LogP contribution in [0.2, 0.25) is 0 Å². The number of nitrogens with one attached hydrogen (secondary N) is 1. The van der Waals surface area contributed by atoms with E-state index in [1.165, 1.54) is 13.1 Å². The summed E-state index contributed by atoms with van der Waals surface area (Å²) in [6, 6.07) is 21.0. The van der Waals surface area contributed by atoms with Crippen molar-refractivity contribution >= 4 is 5.82 Å². The number of anilines is 1. The van der Waals surface area contributed by atoms with Gasteiger partial charge in [-0.1, -0.05) is 60.7 Å². The molecule has 0 fully saturated rings. The molecule has 3 aromatic rings. The van der Waals surface area contributed by atoms with Gasteiger partial charge in [-0.05, 0) is 11.1 Å². The zero-order chi connectivity index (χ0) is 16.9. The molecule has 0 unspecified atom stereocenters. The van der Waals surface area contributed by atoms with Crippen molar-refractivity contribution < 1.29 is 0 Å². The van der Waals surface area contributed by atoms with E-state index in [-0.39, 0.29) is 11.2 Å². The standard InChI is InChI=1S/C19H19N3O2/c1-21-18(23)12-17(20-13-15-8-4-2-5-9-15)22(19(21)24)14-16-10-6-3-7-11-16/h2-12,20H,13-14H2,1H3. The number of benzene rings is 2. The largest absolute Gasteiger partial charge is 0.367 e. The Hall–Kier alpha value is -3.08. The van der Waals surface area contributed by atoms with Gasteiger partial charge in [-0.2, -0.15) is 0 Å².